The second kappa shape index (κ2) is 11.2. The molecule has 0 aliphatic heterocycles. The predicted molar refractivity (Wildman–Crippen MR) is 109 cm³/mol. The van der Waals surface area contributed by atoms with Crippen molar-refractivity contribution in [2.24, 2.45) is 10.7 Å². The van der Waals surface area contributed by atoms with Gasteiger partial charge in [0, 0.05) is 6.54 Å². The smallest absolute Gasteiger partial charge is 0.188 e. The summed E-state index contributed by atoms with van der Waals surface area (Å²) in [5.74, 6) is 1.90. The van der Waals surface area contributed by atoms with E-state index in [-0.39, 0.29) is 24.0 Å². The van der Waals surface area contributed by atoms with Crippen LogP contribution in [0.3, 0.4) is 0 Å². The summed E-state index contributed by atoms with van der Waals surface area (Å²) in [6.45, 7) is 1.36. The molecule has 1 aromatic carbocycles. The molecular weight excluding hydrogens is 417 g/mol. The molecule has 0 unspecified atom stereocenters. The van der Waals surface area contributed by atoms with Crippen molar-refractivity contribution in [2.75, 3.05) is 20.8 Å². The van der Waals surface area contributed by atoms with Gasteiger partial charge in [0.25, 0.3) is 0 Å². The molecule has 3 N–H and O–H groups in total. The van der Waals surface area contributed by atoms with Crippen molar-refractivity contribution in [1.82, 2.24) is 5.32 Å². The van der Waals surface area contributed by atoms with Crippen molar-refractivity contribution in [1.29, 1.82) is 0 Å². The Balaban J connectivity index is 0.00000288. The maximum Gasteiger partial charge on any atom is 0.188 e. The molecule has 6 heteroatoms. The lowest BCUT2D eigenvalue weighted by Gasteiger charge is -2.13. The molecule has 0 radical (unpaired) electrons. The summed E-state index contributed by atoms with van der Waals surface area (Å²) in [6.07, 6.45) is 8.50. The normalized spacial score (nSPS) is 14.4. The molecule has 0 saturated carbocycles. The zero-order valence-electron chi connectivity index (χ0n) is 14.5. The van der Waals surface area contributed by atoms with E-state index in [1.54, 1.807) is 14.2 Å². The van der Waals surface area contributed by atoms with E-state index in [2.05, 4.69) is 16.4 Å². The number of aliphatic imine (C=N–C) groups is 1. The highest BCUT2D eigenvalue weighted by Gasteiger charge is 2.05. The van der Waals surface area contributed by atoms with Crippen LogP contribution in [0.2, 0.25) is 0 Å². The van der Waals surface area contributed by atoms with Crippen molar-refractivity contribution >= 4 is 29.9 Å². The molecule has 0 atom stereocenters. The number of nitrogens with one attached hydrogen (secondary N) is 1. The van der Waals surface area contributed by atoms with Gasteiger partial charge in [-0.25, -0.2) is 4.99 Å². The fourth-order valence-electron chi connectivity index (χ4n) is 2.69. The summed E-state index contributed by atoms with van der Waals surface area (Å²) in [5, 5.41) is 3.18. The van der Waals surface area contributed by atoms with Crippen LogP contribution in [0.15, 0.2) is 34.8 Å². The highest BCUT2D eigenvalue weighted by Crippen LogP contribution is 2.27. The Kier molecular flexibility index (Phi) is 9.59. The van der Waals surface area contributed by atoms with Crippen LogP contribution >= 0.6 is 24.0 Å². The van der Waals surface area contributed by atoms with Crippen LogP contribution in [-0.2, 0) is 6.54 Å². The van der Waals surface area contributed by atoms with Gasteiger partial charge in [-0.15, -0.1) is 24.0 Å². The van der Waals surface area contributed by atoms with Crippen LogP contribution < -0.4 is 20.5 Å². The molecule has 1 aromatic rings. The summed E-state index contributed by atoms with van der Waals surface area (Å²) in [7, 11) is 3.25. The van der Waals surface area contributed by atoms with Crippen molar-refractivity contribution in [3.05, 3.63) is 35.4 Å². The third-order valence-electron chi connectivity index (χ3n) is 4.02. The van der Waals surface area contributed by atoms with Gasteiger partial charge in [-0.05, 0) is 49.8 Å². The minimum absolute atomic E-state index is 0. The van der Waals surface area contributed by atoms with E-state index in [9.17, 15) is 0 Å². The average molecular weight is 445 g/mol. The van der Waals surface area contributed by atoms with E-state index in [0.29, 0.717) is 24.0 Å². The Hall–Kier alpha value is -1.44. The van der Waals surface area contributed by atoms with Crippen LogP contribution in [0.4, 0.5) is 0 Å². The molecule has 0 bridgehead atoms. The molecule has 0 spiro atoms. The van der Waals surface area contributed by atoms with Crippen LogP contribution in [0.1, 0.15) is 37.7 Å². The maximum absolute atomic E-state index is 5.93. The molecular formula is C18H28IN3O2. The first-order valence-electron chi connectivity index (χ1n) is 8.15. The molecule has 134 valence electrons. The molecule has 0 heterocycles. The van der Waals surface area contributed by atoms with E-state index in [4.69, 9.17) is 15.2 Å². The second-order valence-electron chi connectivity index (χ2n) is 5.68. The first-order valence-corrected chi connectivity index (χ1v) is 8.15. The molecule has 1 aliphatic rings. The minimum atomic E-state index is 0. The number of ether oxygens (including phenoxy) is 2. The van der Waals surface area contributed by atoms with E-state index < -0.39 is 0 Å². The van der Waals surface area contributed by atoms with Crippen LogP contribution in [0.5, 0.6) is 11.5 Å². The molecule has 5 nitrogen and oxygen atoms in total. The number of nitrogens with zero attached hydrogens (tertiary/aromatic N) is 1. The van der Waals surface area contributed by atoms with Crippen molar-refractivity contribution in [3.8, 4) is 11.5 Å². The van der Waals surface area contributed by atoms with Gasteiger partial charge < -0.3 is 20.5 Å². The number of nitrogens with two attached hydrogens (primary N) is 1. The quantitative estimate of drug-likeness (QED) is 0.291. The van der Waals surface area contributed by atoms with Gasteiger partial charge in [-0.3, -0.25) is 0 Å². The van der Waals surface area contributed by atoms with E-state index in [0.717, 1.165) is 18.5 Å². The highest BCUT2D eigenvalue weighted by molar-refractivity contribution is 14.0. The lowest BCUT2D eigenvalue weighted by molar-refractivity contribution is 0.354. The van der Waals surface area contributed by atoms with Crippen molar-refractivity contribution in [3.63, 3.8) is 0 Å². The fraction of sp³-hybridized carbons (Fsp3) is 0.500. The zero-order chi connectivity index (χ0) is 16.5. The van der Waals surface area contributed by atoms with Gasteiger partial charge in [-0.1, -0.05) is 17.7 Å². The number of allylic oxidation sites excluding steroid dienone is 1. The lowest BCUT2D eigenvalue weighted by Crippen LogP contribution is -2.32. The van der Waals surface area contributed by atoms with E-state index in [1.807, 2.05) is 18.2 Å². The number of rotatable bonds is 7. The molecule has 0 aromatic heterocycles. The lowest BCUT2D eigenvalue weighted by atomic mass is 9.97. The summed E-state index contributed by atoms with van der Waals surface area (Å²) in [5.41, 5.74) is 8.50. The standard InChI is InChI=1S/C18H27N3O2.HI/c1-22-16-9-8-15(12-17(16)23-2)13-21-18(19)20-11-10-14-6-4-3-5-7-14;/h6,8-9,12H,3-5,7,10-11,13H2,1-2H3,(H3,19,20,21);1H. The largest absolute Gasteiger partial charge is 0.493 e. The Labute approximate surface area is 161 Å². The van der Waals surface area contributed by atoms with Crippen LogP contribution in [0.25, 0.3) is 0 Å². The summed E-state index contributed by atoms with van der Waals surface area (Å²) >= 11 is 0. The van der Waals surface area contributed by atoms with Gasteiger partial charge in [0.15, 0.2) is 17.5 Å². The van der Waals surface area contributed by atoms with E-state index >= 15 is 0 Å². The van der Waals surface area contributed by atoms with Gasteiger partial charge >= 0.3 is 0 Å². The highest BCUT2D eigenvalue weighted by atomic mass is 127. The zero-order valence-corrected chi connectivity index (χ0v) is 16.8. The van der Waals surface area contributed by atoms with Gasteiger partial charge in [0.05, 0.1) is 20.8 Å². The maximum atomic E-state index is 5.93. The Morgan fingerprint density at radius 1 is 1.21 bits per heavy atom. The van der Waals surface area contributed by atoms with Gasteiger partial charge in [-0.2, -0.15) is 0 Å². The van der Waals surface area contributed by atoms with E-state index in [1.165, 1.54) is 31.3 Å². The number of methoxy groups -OCH3 is 2. The molecule has 0 amide bonds. The topological polar surface area (TPSA) is 68.9 Å². The Bertz CT molecular complexity index is 573. The SMILES string of the molecule is COc1ccc(CN=C(N)NCCC2=CCCCC2)cc1OC.I. The van der Waals surface area contributed by atoms with Crippen molar-refractivity contribution in [2.45, 2.75) is 38.6 Å². The van der Waals surface area contributed by atoms with Gasteiger partial charge in [0.1, 0.15) is 0 Å². The summed E-state index contributed by atoms with van der Waals surface area (Å²) in [6, 6.07) is 5.76. The van der Waals surface area contributed by atoms with Crippen molar-refractivity contribution < 1.29 is 9.47 Å². The Morgan fingerprint density at radius 2 is 2.00 bits per heavy atom. The third-order valence-corrected chi connectivity index (χ3v) is 4.02. The number of halogens is 1. The molecule has 1 aliphatic carbocycles. The monoisotopic (exact) mass is 445 g/mol. The molecule has 0 saturated heterocycles. The first kappa shape index (κ1) is 20.6. The number of benzene rings is 1. The molecule has 24 heavy (non-hydrogen) atoms. The van der Waals surface area contributed by atoms with Gasteiger partial charge in [0.2, 0.25) is 0 Å². The number of guanidine groups is 1. The summed E-state index contributed by atoms with van der Waals surface area (Å²) < 4.78 is 10.5. The Morgan fingerprint density at radius 3 is 2.67 bits per heavy atom. The summed E-state index contributed by atoms with van der Waals surface area (Å²) in [4.78, 5) is 4.38. The minimum Gasteiger partial charge on any atom is -0.493 e. The van der Waals surface area contributed by atoms with Crippen LogP contribution in [-0.4, -0.2) is 26.7 Å². The first-order chi connectivity index (χ1) is 11.2. The number of hydrogen-bond acceptors (Lipinski definition) is 3. The third kappa shape index (κ3) is 6.59. The predicted octanol–water partition coefficient (Wildman–Crippen LogP) is 3.62. The molecule has 2 rings (SSSR count). The average Bonchev–Trinajstić information content (AvgIpc) is 2.60. The second-order valence-corrected chi connectivity index (χ2v) is 5.68. The van der Waals surface area contributed by atoms with Crippen LogP contribution in [0, 0.1) is 0 Å². The fourth-order valence-corrected chi connectivity index (χ4v) is 2.69. The molecule has 0 fully saturated rings. The number of hydrogen-bond donors (Lipinski definition) is 2.